The van der Waals surface area contributed by atoms with Gasteiger partial charge in [-0.3, -0.25) is 9.78 Å². The lowest BCUT2D eigenvalue weighted by molar-refractivity contribution is 0.102. The van der Waals surface area contributed by atoms with Gasteiger partial charge >= 0.3 is 5.76 Å². The molecule has 0 radical (unpaired) electrons. The summed E-state index contributed by atoms with van der Waals surface area (Å²) in [6.07, 6.45) is 0. The smallest absolute Gasteiger partial charge is 0.408 e. The monoisotopic (exact) mass is 366 g/mol. The molecule has 0 unspecified atom stereocenters. The molecule has 0 fully saturated rings. The number of anilines is 1. The van der Waals surface area contributed by atoms with Crippen LogP contribution in [0.25, 0.3) is 11.1 Å². The summed E-state index contributed by atoms with van der Waals surface area (Å²) in [5, 5.41) is 3.19. The van der Waals surface area contributed by atoms with Crippen molar-refractivity contribution in [3.05, 3.63) is 62.0 Å². The molecule has 5 nitrogen and oxygen atoms in total. The Morgan fingerprint density at radius 2 is 2.05 bits per heavy atom. The van der Waals surface area contributed by atoms with Crippen LogP contribution in [0.1, 0.15) is 10.4 Å². The lowest BCUT2D eigenvalue weighted by atomic mass is 10.2. The van der Waals surface area contributed by atoms with Gasteiger partial charge < -0.3 is 9.73 Å². The Morgan fingerprint density at radius 1 is 1.24 bits per heavy atom. The number of carbonyl (C=O) groups excluding carboxylic acids is 1. The molecule has 7 heteroatoms. The lowest BCUT2D eigenvalue weighted by Gasteiger charge is -2.06. The fourth-order valence-electron chi connectivity index (χ4n) is 1.87. The molecule has 0 aliphatic carbocycles. The van der Waals surface area contributed by atoms with Crippen molar-refractivity contribution in [3.8, 4) is 0 Å². The molecule has 1 heterocycles. The molecule has 0 saturated heterocycles. The van der Waals surface area contributed by atoms with Gasteiger partial charge in [0.1, 0.15) is 0 Å². The topological polar surface area (TPSA) is 75.1 Å². The number of oxazole rings is 1. The van der Waals surface area contributed by atoms with Crippen LogP contribution in [0.5, 0.6) is 0 Å². The molecule has 0 aliphatic rings. The molecule has 3 aromatic rings. The summed E-state index contributed by atoms with van der Waals surface area (Å²) >= 11 is 9.23. The number of halogens is 2. The molecule has 2 N–H and O–H groups in total. The van der Waals surface area contributed by atoms with Gasteiger partial charge in [-0.05, 0) is 52.3 Å². The van der Waals surface area contributed by atoms with Crippen LogP contribution in [-0.2, 0) is 0 Å². The van der Waals surface area contributed by atoms with Crippen LogP contribution in [0.3, 0.4) is 0 Å². The summed E-state index contributed by atoms with van der Waals surface area (Å²) in [7, 11) is 0. The van der Waals surface area contributed by atoms with E-state index in [9.17, 15) is 9.59 Å². The predicted molar refractivity (Wildman–Crippen MR) is 83.9 cm³/mol. The normalized spacial score (nSPS) is 10.8. The average Bonchev–Trinajstić information content (AvgIpc) is 2.81. The standard InChI is InChI=1S/C14H8BrClN2O3/c15-9-3-1-7(5-10(9)16)13(19)17-8-2-4-12-11(6-8)18-14(20)21-12/h1-6H,(H,17,19)(H,18,20). The molecule has 0 spiro atoms. The first-order valence-corrected chi connectivity index (χ1v) is 7.09. The van der Waals surface area contributed by atoms with E-state index in [0.29, 0.717) is 27.4 Å². The number of aromatic nitrogens is 1. The van der Waals surface area contributed by atoms with E-state index < -0.39 is 5.76 Å². The second-order valence-corrected chi connectivity index (χ2v) is 5.57. The number of amides is 1. The number of H-pyrrole nitrogens is 1. The quantitative estimate of drug-likeness (QED) is 0.723. The van der Waals surface area contributed by atoms with Gasteiger partial charge in [0.05, 0.1) is 10.5 Å². The number of carbonyl (C=O) groups is 1. The van der Waals surface area contributed by atoms with Crippen molar-refractivity contribution in [2.45, 2.75) is 0 Å². The molecule has 0 saturated carbocycles. The first kappa shape index (κ1) is 13.9. The number of hydrogen-bond donors (Lipinski definition) is 2. The zero-order chi connectivity index (χ0) is 15.0. The Morgan fingerprint density at radius 3 is 2.81 bits per heavy atom. The number of aromatic amines is 1. The average molecular weight is 368 g/mol. The molecule has 1 aromatic heterocycles. The van der Waals surface area contributed by atoms with E-state index in [2.05, 4.69) is 26.2 Å². The third-order valence-corrected chi connectivity index (χ3v) is 4.09. The third kappa shape index (κ3) is 2.86. The number of nitrogens with one attached hydrogen (secondary N) is 2. The van der Waals surface area contributed by atoms with Crippen LogP contribution in [-0.4, -0.2) is 10.9 Å². The van der Waals surface area contributed by atoms with Crippen LogP contribution in [0, 0.1) is 0 Å². The molecule has 21 heavy (non-hydrogen) atoms. The zero-order valence-electron chi connectivity index (χ0n) is 10.4. The van der Waals surface area contributed by atoms with E-state index >= 15 is 0 Å². The van der Waals surface area contributed by atoms with E-state index in [4.69, 9.17) is 16.0 Å². The van der Waals surface area contributed by atoms with Gasteiger partial charge in [0.2, 0.25) is 0 Å². The summed E-state index contributed by atoms with van der Waals surface area (Å²) in [6.45, 7) is 0. The van der Waals surface area contributed by atoms with Gasteiger partial charge in [0, 0.05) is 15.7 Å². The van der Waals surface area contributed by atoms with Crippen molar-refractivity contribution < 1.29 is 9.21 Å². The van der Waals surface area contributed by atoms with Gasteiger partial charge in [0.15, 0.2) is 5.58 Å². The van der Waals surface area contributed by atoms with Crippen LogP contribution < -0.4 is 11.1 Å². The molecular weight excluding hydrogens is 360 g/mol. The van der Waals surface area contributed by atoms with E-state index in [0.717, 1.165) is 4.47 Å². The van der Waals surface area contributed by atoms with Gasteiger partial charge in [0.25, 0.3) is 5.91 Å². The van der Waals surface area contributed by atoms with Gasteiger partial charge in [-0.25, -0.2) is 4.79 Å². The molecule has 0 atom stereocenters. The minimum absolute atomic E-state index is 0.297. The number of benzene rings is 2. The summed E-state index contributed by atoms with van der Waals surface area (Å²) < 4.78 is 5.62. The van der Waals surface area contributed by atoms with Crippen molar-refractivity contribution in [1.29, 1.82) is 0 Å². The Labute approximate surface area is 132 Å². The van der Waals surface area contributed by atoms with Gasteiger partial charge in [-0.15, -0.1) is 0 Å². The zero-order valence-corrected chi connectivity index (χ0v) is 12.8. The van der Waals surface area contributed by atoms with Crippen molar-refractivity contribution in [1.82, 2.24) is 4.98 Å². The SMILES string of the molecule is O=C(Nc1ccc2oc(=O)[nH]c2c1)c1ccc(Br)c(Cl)c1. The van der Waals surface area contributed by atoms with Crippen LogP contribution in [0.4, 0.5) is 5.69 Å². The maximum atomic E-state index is 12.1. The highest BCUT2D eigenvalue weighted by atomic mass is 79.9. The van der Waals surface area contributed by atoms with E-state index in [1.807, 2.05) is 0 Å². The van der Waals surface area contributed by atoms with Gasteiger partial charge in [-0.1, -0.05) is 11.6 Å². The van der Waals surface area contributed by atoms with Crippen LogP contribution in [0.2, 0.25) is 5.02 Å². The minimum atomic E-state index is -0.534. The highest BCUT2D eigenvalue weighted by Gasteiger charge is 2.09. The molecular formula is C14H8BrClN2O3. The fraction of sp³-hybridized carbons (Fsp3) is 0. The first-order valence-electron chi connectivity index (χ1n) is 5.92. The second-order valence-electron chi connectivity index (χ2n) is 4.31. The fourth-order valence-corrected chi connectivity index (χ4v) is 2.30. The predicted octanol–water partition coefficient (Wildman–Crippen LogP) is 3.79. The molecule has 106 valence electrons. The van der Waals surface area contributed by atoms with Crippen molar-refractivity contribution in [2.75, 3.05) is 5.32 Å². The summed E-state index contributed by atoms with van der Waals surface area (Å²) in [6, 6.07) is 9.81. The second kappa shape index (κ2) is 5.38. The van der Waals surface area contributed by atoms with Gasteiger partial charge in [-0.2, -0.15) is 0 Å². The number of hydrogen-bond acceptors (Lipinski definition) is 3. The summed E-state index contributed by atoms with van der Waals surface area (Å²) in [5.74, 6) is -0.831. The molecule has 1 amide bonds. The number of rotatable bonds is 2. The van der Waals surface area contributed by atoms with Crippen LogP contribution in [0.15, 0.2) is 50.1 Å². The largest absolute Gasteiger partial charge is 0.417 e. The summed E-state index contributed by atoms with van der Waals surface area (Å²) in [4.78, 5) is 25.8. The highest BCUT2D eigenvalue weighted by Crippen LogP contribution is 2.24. The maximum Gasteiger partial charge on any atom is 0.417 e. The molecule has 2 aromatic carbocycles. The van der Waals surface area contributed by atoms with Crippen molar-refractivity contribution in [2.24, 2.45) is 0 Å². The van der Waals surface area contributed by atoms with E-state index in [1.54, 1.807) is 36.4 Å². The Bertz CT molecular complexity index is 901. The van der Waals surface area contributed by atoms with E-state index in [-0.39, 0.29) is 5.91 Å². The Balaban J connectivity index is 1.88. The number of fused-ring (bicyclic) bond motifs is 1. The van der Waals surface area contributed by atoms with Crippen LogP contribution >= 0.6 is 27.5 Å². The van der Waals surface area contributed by atoms with Crippen molar-refractivity contribution >= 4 is 50.2 Å². The van der Waals surface area contributed by atoms with Crippen molar-refractivity contribution in [3.63, 3.8) is 0 Å². The highest BCUT2D eigenvalue weighted by molar-refractivity contribution is 9.10. The maximum absolute atomic E-state index is 12.1. The third-order valence-electron chi connectivity index (χ3n) is 2.86. The summed E-state index contributed by atoms with van der Waals surface area (Å²) in [5.41, 5.74) is 1.93. The Hall–Kier alpha value is -2.05. The van der Waals surface area contributed by atoms with E-state index in [1.165, 1.54) is 0 Å². The molecule has 0 bridgehead atoms. The molecule has 0 aliphatic heterocycles. The Kier molecular flexibility index (Phi) is 3.57. The lowest BCUT2D eigenvalue weighted by Crippen LogP contribution is -2.11. The first-order chi connectivity index (χ1) is 10.0. The molecule has 3 rings (SSSR count). The minimum Gasteiger partial charge on any atom is -0.408 e.